The lowest BCUT2D eigenvalue weighted by Gasteiger charge is -2.09. The Bertz CT molecular complexity index is 798. The highest BCUT2D eigenvalue weighted by molar-refractivity contribution is 8.03. The maximum Gasteiger partial charge on any atom is 0.352 e. The molecule has 1 amide bonds. The van der Waals surface area contributed by atoms with Crippen molar-refractivity contribution in [3.8, 4) is 5.40 Å². The molecule has 0 aliphatic rings. The van der Waals surface area contributed by atoms with Gasteiger partial charge < -0.3 is 10.1 Å². The minimum Gasteiger partial charge on any atom is -0.451 e. The summed E-state index contributed by atoms with van der Waals surface area (Å²) in [5, 5.41) is 17.1. The van der Waals surface area contributed by atoms with E-state index in [1.54, 1.807) is 18.2 Å². The van der Waals surface area contributed by atoms with Crippen LogP contribution in [0, 0.1) is 17.6 Å². The third-order valence-corrected chi connectivity index (χ3v) is 4.37. The molecule has 0 saturated carbocycles. The van der Waals surface area contributed by atoms with Crippen LogP contribution >= 0.6 is 23.3 Å². The molecule has 0 unspecified atom stereocenters. The smallest absolute Gasteiger partial charge is 0.352 e. The predicted molar refractivity (Wildman–Crippen MR) is 90.8 cm³/mol. The molecule has 9 heteroatoms. The van der Waals surface area contributed by atoms with Crippen molar-refractivity contribution in [2.45, 2.75) is 25.2 Å². The SMILES string of the molecule is CCc1nnsc1C(=O)OCC(=O)Nc1ccc(SC#N)cc1C. The minimum atomic E-state index is -0.602. The molecule has 2 rings (SSSR count). The van der Waals surface area contributed by atoms with Crippen molar-refractivity contribution < 1.29 is 14.3 Å². The van der Waals surface area contributed by atoms with Gasteiger partial charge in [0, 0.05) is 10.6 Å². The van der Waals surface area contributed by atoms with E-state index in [1.165, 1.54) is 0 Å². The fourth-order valence-electron chi connectivity index (χ4n) is 1.87. The summed E-state index contributed by atoms with van der Waals surface area (Å²) in [5.41, 5.74) is 1.98. The van der Waals surface area contributed by atoms with Crippen LogP contribution in [-0.4, -0.2) is 28.1 Å². The third kappa shape index (κ3) is 4.53. The molecule has 7 nitrogen and oxygen atoms in total. The number of hydrogen-bond donors (Lipinski definition) is 1. The number of thiocyanates is 1. The second-order valence-corrected chi connectivity index (χ2v) is 6.31. The van der Waals surface area contributed by atoms with E-state index in [0.29, 0.717) is 22.7 Å². The van der Waals surface area contributed by atoms with E-state index in [9.17, 15) is 9.59 Å². The van der Waals surface area contributed by atoms with Gasteiger partial charge in [0.2, 0.25) is 0 Å². The van der Waals surface area contributed by atoms with Crippen LogP contribution in [0.15, 0.2) is 23.1 Å². The van der Waals surface area contributed by atoms with Crippen molar-refractivity contribution >= 4 is 40.9 Å². The van der Waals surface area contributed by atoms with Gasteiger partial charge in [0.05, 0.1) is 5.69 Å². The molecule has 0 saturated heterocycles. The minimum absolute atomic E-state index is 0.319. The van der Waals surface area contributed by atoms with E-state index in [1.807, 2.05) is 19.2 Å². The van der Waals surface area contributed by atoms with Crippen molar-refractivity contribution in [2.24, 2.45) is 0 Å². The number of aromatic nitrogens is 2. The van der Waals surface area contributed by atoms with Crippen LogP contribution in [0.2, 0.25) is 0 Å². The Labute approximate surface area is 147 Å². The summed E-state index contributed by atoms with van der Waals surface area (Å²) in [6, 6.07) is 5.24. The first kappa shape index (κ1) is 17.9. The maximum atomic E-state index is 11.9. The number of hydrogen-bond acceptors (Lipinski definition) is 8. The van der Waals surface area contributed by atoms with Crippen molar-refractivity contribution in [1.29, 1.82) is 5.26 Å². The van der Waals surface area contributed by atoms with Gasteiger partial charge >= 0.3 is 5.97 Å². The number of nitrogens with one attached hydrogen (secondary N) is 1. The fourth-order valence-corrected chi connectivity index (χ4v) is 2.99. The number of anilines is 1. The fraction of sp³-hybridized carbons (Fsp3) is 0.267. The number of carbonyl (C=O) groups is 2. The number of carbonyl (C=O) groups excluding carboxylic acids is 2. The van der Waals surface area contributed by atoms with E-state index in [0.717, 1.165) is 33.8 Å². The third-order valence-electron chi connectivity index (χ3n) is 3.05. The Balaban J connectivity index is 1.92. The number of nitrogens with zero attached hydrogens (tertiary/aromatic N) is 3. The molecule has 1 aromatic carbocycles. The zero-order chi connectivity index (χ0) is 17.5. The Morgan fingerprint density at radius 3 is 2.92 bits per heavy atom. The topological polar surface area (TPSA) is 105 Å². The number of benzene rings is 1. The van der Waals surface area contributed by atoms with E-state index in [-0.39, 0.29) is 0 Å². The van der Waals surface area contributed by atoms with Crippen molar-refractivity contribution in [3.63, 3.8) is 0 Å². The Kier molecular flexibility index (Phi) is 6.28. The number of esters is 1. The zero-order valence-corrected chi connectivity index (χ0v) is 14.7. The Hall–Kier alpha value is -2.44. The van der Waals surface area contributed by atoms with Crippen LogP contribution in [0.1, 0.15) is 27.9 Å². The first-order chi connectivity index (χ1) is 11.5. The van der Waals surface area contributed by atoms with E-state index < -0.39 is 18.5 Å². The van der Waals surface area contributed by atoms with Crippen LogP contribution in [0.3, 0.4) is 0 Å². The molecular formula is C15H14N4O3S2. The summed E-state index contributed by atoms with van der Waals surface area (Å²) in [5.74, 6) is -1.04. The van der Waals surface area contributed by atoms with Crippen molar-refractivity contribution in [1.82, 2.24) is 9.59 Å². The van der Waals surface area contributed by atoms with Crippen LogP contribution in [0.25, 0.3) is 0 Å². The van der Waals surface area contributed by atoms with Gasteiger partial charge in [-0.2, -0.15) is 5.26 Å². The number of thioether (sulfide) groups is 1. The van der Waals surface area contributed by atoms with E-state index in [4.69, 9.17) is 10.00 Å². The monoisotopic (exact) mass is 362 g/mol. The molecule has 0 bridgehead atoms. The highest BCUT2D eigenvalue weighted by atomic mass is 32.2. The van der Waals surface area contributed by atoms with Crippen molar-refractivity contribution in [2.75, 3.05) is 11.9 Å². The van der Waals surface area contributed by atoms with Gasteiger partial charge in [-0.25, -0.2) is 4.79 Å². The van der Waals surface area contributed by atoms with Gasteiger partial charge in [-0.1, -0.05) is 11.4 Å². The Morgan fingerprint density at radius 2 is 2.25 bits per heavy atom. The summed E-state index contributed by atoms with van der Waals surface area (Å²) >= 11 is 2.00. The lowest BCUT2D eigenvalue weighted by atomic mass is 10.2. The summed E-state index contributed by atoms with van der Waals surface area (Å²) < 4.78 is 8.71. The second-order valence-electron chi connectivity index (χ2n) is 4.70. The van der Waals surface area contributed by atoms with Gasteiger partial charge in [0.15, 0.2) is 11.5 Å². The molecule has 1 N–H and O–H groups in total. The highest BCUT2D eigenvalue weighted by Crippen LogP contribution is 2.23. The average molecular weight is 362 g/mol. The number of ether oxygens (including phenoxy) is 1. The predicted octanol–water partition coefficient (Wildman–Crippen LogP) is 2.78. The normalized spacial score (nSPS) is 10.0. The maximum absolute atomic E-state index is 11.9. The highest BCUT2D eigenvalue weighted by Gasteiger charge is 2.18. The summed E-state index contributed by atoms with van der Waals surface area (Å²) in [4.78, 5) is 25.0. The second kappa shape index (κ2) is 8.42. The number of aryl methyl sites for hydroxylation is 2. The van der Waals surface area contributed by atoms with Crippen LogP contribution in [0.5, 0.6) is 0 Å². The van der Waals surface area contributed by atoms with Gasteiger partial charge in [-0.3, -0.25) is 4.79 Å². The largest absolute Gasteiger partial charge is 0.451 e. The lowest BCUT2D eigenvalue weighted by molar-refractivity contribution is -0.119. The molecule has 24 heavy (non-hydrogen) atoms. The molecule has 2 aromatic rings. The molecule has 1 heterocycles. The first-order valence-corrected chi connectivity index (χ1v) is 8.59. The number of amides is 1. The molecule has 0 atom stereocenters. The molecule has 0 radical (unpaired) electrons. The molecular weight excluding hydrogens is 348 g/mol. The zero-order valence-electron chi connectivity index (χ0n) is 13.0. The molecule has 0 fully saturated rings. The first-order valence-electron chi connectivity index (χ1n) is 7.00. The summed E-state index contributed by atoms with van der Waals surface area (Å²) in [7, 11) is 0. The van der Waals surface area contributed by atoms with Crippen molar-refractivity contribution in [3.05, 3.63) is 34.3 Å². The lowest BCUT2D eigenvalue weighted by Crippen LogP contribution is -2.21. The molecule has 0 aliphatic heterocycles. The van der Waals surface area contributed by atoms with Gasteiger partial charge in [-0.15, -0.1) is 5.10 Å². The number of rotatable bonds is 6. The molecule has 0 spiro atoms. The molecule has 124 valence electrons. The average Bonchev–Trinajstić information content (AvgIpc) is 3.04. The molecule has 0 aliphatic carbocycles. The van der Waals surface area contributed by atoms with Gasteiger partial charge in [0.1, 0.15) is 5.40 Å². The summed E-state index contributed by atoms with van der Waals surface area (Å²) in [6.45, 7) is 3.28. The van der Waals surface area contributed by atoms with Crippen LogP contribution in [-0.2, 0) is 16.0 Å². The van der Waals surface area contributed by atoms with E-state index in [2.05, 4.69) is 14.9 Å². The van der Waals surface area contributed by atoms with E-state index >= 15 is 0 Å². The summed E-state index contributed by atoms with van der Waals surface area (Å²) in [6.07, 6.45) is 0.569. The van der Waals surface area contributed by atoms with Crippen LogP contribution < -0.4 is 5.32 Å². The quantitative estimate of drug-likeness (QED) is 0.478. The standard InChI is InChI=1S/C15H14N4O3S2/c1-3-11-14(24-19-18-11)15(21)22-7-13(20)17-12-5-4-10(23-8-16)6-9(12)2/h4-6H,3,7H2,1-2H3,(H,17,20). The number of nitriles is 1. The molecule has 1 aromatic heterocycles. The van der Waals surface area contributed by atoms with Crippen LogP contribution in [0.4, 0.5) is 5.69 Å². The van der Waals surface area contributed by atoms with Gasteiger partial charge in [-0.05, 0) is 60.4 Å². The van der Waals surface area contributed by atoms with Gasteiger partial charge in [0.25, 0.3) is 5.91 Å². The Morgan fingerprint density at radius 1 is 1.46 bits per heavy atom.